The molecule has 0 aliphatic rings. The van der Waals surface area contributed by atoms with Crippen LogP contribution in [0.5, 0.6) is 0 Å². The summed E-state index contributed by atoms with van der Waals surface area (Å²) in [6.45, 7) is 3.81. The van der Waals surface area contributed by atoms with E-state index in [1.807, 2.05) is 0 Å². The molecule has 0 radical (unpaired) electrons. The third-order valence-electron chi connectivity index (χ3n) is 2.34. The Morgan fingerprint density at radius 2 is 1.95 bits per heavy atom. The number of carbonyl (C=O) groups is 2. The molecule has 0 aromatic heterocycles. The minimum absolute atomic E-state index is 0.0202. The molecule has 0 spiro atoms. The van der Waals surface area contributed by atoms with Crippen LogP contribution in [0.2, 0.25) is 0 Å². The topological polar surface area (TPSA) is 130 Å². The second-order valence-electron chi connectivity index (χ2n) is 4.38. The molecule has 0 heterocycles. The van der Waals surface area contributed by atoms with Crippen molar-refractivity contribution >= 4 is 22.0 Å². The number of hydrogen-bond acceptors (Lipinski definition) is 4. The van der Waals surface area contributed by atoms with Crippen LogP contribution in [0, 0.1) is 0 Å². The van der Waals surface area contributed by atoms with Gasteiger partial charge in [0, 0.05) is 25.6 Å². The van der Waals surface area contributed by atoms with Gasteiger partial charge in [-0.25, -0.2) is 18.4 Å². The molecule has 0 saturated carbocycles. The number of nitrogens with one attached hydrogen (secondary N) is 1. The van der Waals surface area contributed by atoms with Gasteiger partial charge in [0.2, 0.25) is 10.0 Å². The second kappa shape index (κ2) is 7.95. The van der Waals surface area contributed by atoms with Crippen molar-refractivity contribution < 1.29 is 23.1 Å². The molecule has 8 nitrogen and oxygen atoms in total. The zero-order valence-corrected chi connectivity index (χ0v) is 11.9. The largest absolute Gasteiger partial charge is 0.481 e. The standard InChI is InChI=1S/C10H21N3O5S/c1-8(2)13(6-3-4-9(14)15)10(16)12-5-7-19(11,17)18/h8H,3-7H2,1-2H3,(H,12,16)(H,14,15)(H2,11,17,18). The second-order valence-corrected chi connectivity index (χ2v) is 6.12. The Morgan fingerprint density at radius 3 is 2.37 bits per heavy atom. The minimum Gasteiger partial charge on any atom is -0.481 e. The molecule has 2 amide bonds. The summed E-state index contributed by atoms with van der Waals surface area (Å²) in [5, 5.41) is 15.8. The molecule has 0 bridgehead atoms. The minimum atomic E-state index is -3.60. The summed E-state index contributed by atoms with van der Waals surface area (Å²) in [5.74, 6) is -1.25. The molecule has 0 aromatic carbocycles. The molecular weight excluding hydrogens is 274 g/mol. The number of nitrogens with zero attached hydrogens (tertiary/aromatic N) is 1. The lowest BCUT2D eigenvalue weighted by Gasteiger charge is -2.26. The van der Waals surface area contributed by atoms with Crippen LogP contribution in [0.25, 0.3) is 0 Å². The number of carboxylic acids is 1. The van der Waals surface area contributed by atoms with Crippen LogP contribution in [0.3, 0.4) is 0 Å². The average Bonchev–Trinajstić information content (AvgIpc) is 2.21. The Labute approximate surface area is 113 Å². The first kappa shape index (κ1) is 17.6. The van der Waals surface area contributed by atoms with Gasteiger partial charge in [-0.3, -0.25) is 4.79 Å². The normalized spacial score (nSPS) is 11.4. The SMILES string of the molecule is CC(C)N(CCCC(=O)O)C(=O)NCCS(N)(=O)=O. The molecule has 19 heavy (non-hydrogen) atoms. The summed E-state index contributed by atoms with van der Waals surface area (Å²) < 4.78 is 21.4. The van der Waals surface area contributed by atoms with Gasteiger partial charge < -0.3 is 15.3 Å². The van der Waals surface area contributed by atoms with Crippen molar-refractivity contribution in [3.63, 3.8) is 0 Å². The van der Waals surface area contributed by atoms with Crippen molar-refractivity contribution in [3.05, 3.63) is 0 Å². The Kier molecular flexibility index (Phi) is 7.38. The summed E-state index contributed by atoms with van der Waals surface area (Å²) in [5.41, 5.74) is 0. The lowest BCUT2D eigenvalue weighted by Crippen LogP contribution is -2.46. The van der Waals surface area contributed by atoms with Gasteiger partial charge in [-0.2, -0.15) is 0 Å². The van der Waals surface area contributed by atoms with Gasteiger partial charge in [-0.15, -0.1) is 0 Å². The van der Waals surface area contributed by atoms with Crippen LogP contribution < -0.4 is 10.5 Å². The fraction of sp³-hybridized carbons (Fsp3) is 0.800. The third-order valence-corrected chi connectivity index (χ3v) is 3.11. The number of primary sulfonamides is 1. The third kappa shape index (κ3) is 9.25. The predicted molar refractivity (Wildman–Crippen MR) is 70.1 cm³/mol. The van der Waals surface area contributed by atoms with Crippen LogP contribution in [0.4, 0.5) is 4.79 Å². The number of amides is 2. The average molecular weight is 295 g/mol. The zero-order chi connectivity index (χ0) is 15.1. The molecule has 9 heteroatoms. The molecule has 0 aliphatic heterocycles. The van der Waals surface area contributed by atoms with E-state index >= 15 is 0 Å². The van der Waals surface area contributed by atoms with E-state index in [0.29, 0.717) is 13.0 Å². The quantitative estimate of drug-likeness (QED) is 0.559. The Balaban J connectivity index is 4.22. The first-order valence-electron chi connectivity index (χ1n) is 5.90. The van der Waals surface area contributed by atoms with Gasteiger partial charge in [0.25, 0.3) is 0 Å². The number of rotatable bonds is 8. The van der Waals surface area contributed by atoms with Gasteiger partial charge in [0.15, 0.2) is 0 Å². The first-order chi connectivity index (χ1) is 8.63. The van der Waals surface area contributed by atoms with E-state index in [4.69, 9.17) is 10.2 Å². The van der Waals surface area contributed by atoms with E-state index in [-0.39, 0.29) is 24.8 Å². The number of urea groups is 1. The fourth-order valence-corrected chi connectivity index (χ4v) is 1.78. The molecule has 0 aromatic rings. The summed E-state index contributed by atoms with van der Waals surface area (Å²) in [4.78, 5) is 23.6. The number of carboxylic acid groups (broad SMARTS) is 1. The van der Waals surface area contributed by atoms with Crippen molar-refractivity contribution in [2.24, 2.45) is 5.14 Å². The van der Waals surface area contributed by atoms with E-state index in [1.165, 1.54) is 4.90 Å². The zero-order valence-electron chi connectivity index (χ0n) is 11.1. The lowest BCUT2D eigenvalue weighted by molar-refractivity contribution is -0.137. The maximum atomic E-state index is 11.8. The summed E-state index contributed by atoms with van der Waals surface area (Å²) in [6, 6.07) is -0.535. The van der Waals surface area contributed by atoms with Gasteiger partial charge in [-0.1, -0.05) is 0 Å². The van der Waals surface area contributed by atoms with Crippen molar-refractivity contribution in [1.82, 2.24) is 10.2 Å². The van der Waals surface area contributed by atoms with E-state index in [0.717, 1.165) is 0 Å². The first-order valence-corrected chi connectivity index (χ1v) is 7.61. The van der Waals surface area contributed by atoms with Crippen molar-refractivity contribution in [2.75, 3.05) is 18.8 Å². The fourth-order valence-electron chi connectivity index (χ4n) is 1.40. The molecule has 0 atom stereocenters. The summed E-state index contributed by atoms with van der Waals surface area (Å²) >= 11 is 0. The maximum absolute atomic E-state index is 11.8. The number of aliphatic carboxylic acids is 1. The lowest BCUT2D eigenvalue weighted by atomic mass is 10.2. The highest BCUT2D eigenvalue weighted by Crippen LogP contribution is 2.02. The van der Waals surface area contributed by atoms with Crippen LogP contribution in [-0.2, 0) is 14.8 Å². The van der Waals surface area contributed by atoms with E-state index in [1.54, 1.807) is 13.8 Å². The molecule has 0 aliphatic carbocycles. The van der Waals surface area contributed by atoms with E-state index in [9.17, 15) is 18.0 Å². The smallest absolute Gasteiger partial charge is 0.317 e. The number of carbonyl (C=O) groups excluding carboxylic acids is 1. The molecular formula is C10H21N3O5S. The molecule has 4 N–H and O–H groups in total. The highest BCUT2D eigenvalue weighted by atomic mass is 32.2. The van der Waals surface area contributed by atoms with Gasteiger partial charge in [0.1, 0.15) is 0 Å². The molecule has 0 saturated heterocycles. The molecule has 0 rings (SSSR count). The number of sulfonamides is 1. The summed E-state index contributed by atoms with van der Waals surface area (Å²) in [6.07, 6.45) is 0.323. The number of nitrogens with two attached hydrogens (primary N) is 1. The van der Waals surface area contributed by atoms with Crippen LogP contribution in [0.1, 0.15) is 26.7 Å². The van der Waals surface area contributed by atoms with Gasteiger partial charge in [-0.05, 0) is 20.3 Å². The van der Waals surface area contributed by atoms with Crippen LogP contribution in [0.15, 0.2) is 0 Å². The molecule has 0 fully saturated rings. The molecule has 0 unspecified atom stereocenters. The van der Waals surface area contributed by atoms with Crippen molar-refractivity contribution in [3.8, 4) is 0 Å². The molecule has 112 valence electrons. The Bertz CT molecular complexity index is 407. The maximum Gasteiger partial charge on any atom is 0.317 e. The monoisotopic (exact) mass is 295 g/mol. The van der Waals surface area contributed by atoms with Gasteiger partial charge in [0.05, 0.1) is 5.75 Å². The van der Waals surface area contributed by atoms with Crippen molar-refractivity contribution in [1.29, 1.82) is 0 Å². The van der Waals surface area contributed by atoms with Gasteiger partial charge >= 0.3 is 12.0 Å². The predicted octanol–water partition coefficient (Wildman–Crippen LogP) is -0.440. The Hall–Kier alpha value is -1.35. The summed E-state index contributed by atoms with van der Waals surface area (Å²) in [7, 11) is -3.60. The van der Waals surface area contributed by atoms with E-state index in [2.05, 4.69) is 5.32 Å². The van der Waals surface area contributed by atoms with E-state index < -0.39 is 22.0 Å². The highest BCUT2D eigenvalue weighted by molar-refractivity contribution is 7.89. The Morgan fingerprint density at radius 1 is 1.37 bits per heavy atom. The van der Waals surface area contributed by atoms with Crippen molar-refractivity contribution in [2.45, 2.75) is 32.7 Å². The van der Waals surface area contributed by atoms with Crippen LogP contribution in [-0.4, -0.2) is 55.3 Å². The highest BCUT2D eigenvalue weighted by Gasteiger charge is 2.17. The number of hydrogen-bond donors (Lipinski definition) is 3. The van der Waals surface area contributed by atoms with Crippen LogP contribution >= 0.6 is 0 Å².